The van der Waals surface area contributed by atoms with Gasteiger partial charge in [-0.1, -0.05) is 24.3 Å². The van der Waals surface area contributed by atoms with Crippen LogP contribution >= 0.6 is 0 Å². The lowest BCUT2D eigenvalue weighted by Gasteiger charge is -2.00. The van der Waals surface area contributed by atoms with E-state index in [2.05, 4.69) is 9.97 Å². The minimum Gasteiger partial charge on any atom is -0.329 e. The van der Waals surface area contributed by atoms with Crippen LogP contribution in [0.1, 0.15) is 17.0 Å². The molecule has 0 aliphatic rings. The van der Waals surface area contributed by atoms with Gasteiger partial charge in [0.25, 0.3) is 0 Å². The Balaban J connectivity index is 2.60. The van der Waals surface area contributed by atoms with Gasteiger partial charge in [0, 0.05) is 5.56 Å². The van der Waals surface area contributed by atoms with Crippen molar-refractivity contribution >= 4 is 0 Å². The first kappa shape index (κ1) is 9.95. The van der Waals surface area contributed by atoms with Crippen molar-refractivity contribution in [3.63, 3.8) is 0 Å². The molecule has 0 saturated carbocycles. The lowest BCUT2D eigenvalue weighted by Crippen LogP contribution is -1.84. The number of imidazole rings is 1. The molecule has 0 fully saturated rings. The molecule has 0 bridgehead atoms. The lowest BCUT2D eigenvalue weighted by molar-refractivity contribution is 1.27. The lowest BCUT2D eigenvalue weighted by atomic mass is 10.1. The third-order valence-electron chi connectivity index (χ3n) is 2.32. The number of benzene rings is 1. The summed E-state index contributed by atoms with van der Waals surface area (Å²) in [5.74, 6) is 0.561. The van der Waals surface area contributed by atoms with Crippen molar-refractivity contribution < 1.29 is 0 Å². The Bertz CT molecular complexity index is 579. The summed E-state index contributed by atoms with van der Waals surface area (Å²) in [5.41, 5.74) is 2.30. The summed E-state index contributed by atoms with van der Waals surface area (Å²) >= 11 is 0. The zero-order valence-electron chi connectivity index (χ0n) is 8.65. The quantitative estimate of drug-likeness (QED) is 0.779. The van der Waals surface area contributed by atoms with Gasteiger partial charge >= 0.3 is 0 Å². The largest absolute Gasteiger partial charge is 0.329 e. The molecule has 0 aliphatic heterocycles. The third-order valence-corrected chi connectivity index (χ3v) is 2.32. The van der Waals surface area contributed by atoms with Gasteiger partial charge in [0.15, 0.2) is 11.4 Å². The van der Waals surface area contributed by atoms with Crippen LogP contribution < -0.4 is 0 Å². The normalized spacial score (nSPS) is 9.44. The summed E-state index contributed by atoms with van der Waals surface area (Å²) in [4.78, 5) is 6.94. The standard InChI is InChI=1S/C12H8N4/c1-8-4-2-3-5-9(8)12-15-10(6-13)11(7-14)16-12/h2-5H,1H3,(H,15,16). The van der Waals surface area contributed by atoms with E-state index in [4.69, 9.17) is 10.5 Å². The molecule has 0 amide bonds. The van der Waals surface area contributed by atoms with Gasteiger partial charge in [-0.2, -0.15) is 10.5 Å². The first-order chi connectivity index (χ1) is 7.76. The van der Waals surface area contributed by atoms with E-state index < -0.39 is 0 Å². The van der Waals surface area contributed by atoms with E-state index >= 15 is 0 Å². The number of hydrogen-bond acceptors (Lipinski definition) is 3. The molecule has 1 heterocycles. The van der Waals surface area contributed by atoms with Crippen LogP contribution in [-0.4, -0.2) is 9.97 Å². The van der Waals surface area contributed by atoms with Gasteiger partial charge in [0.05, 0.1) is 0 Å². The van der Waals surface area contributed by atoms with Gasteiger partial charge in [-0.15, -0.1) is 0 Å². The highest BCUT2D eigenvalue weighted by atomic mass is 14.9. The fourth-order valence-electron chi connectivity index (χ4n) is 1.50. The SMILES string of the molecule is Cc1ccccc1-c1nc(C#N)c(C#N)[nH]1. The van der Waals surface area contributed by atoms with E-state index in [0.29, 0.717) is 5.82 Å². The zero-order valence-corrected chi connectivity index (χ0v) is 8.65. The second-order valence-corrected chi connectivity index (χ2v) is 3.35. The van der Waals surface area contributed by atoms with E-state index in [9.17, 15) is 0 Å². The molecule has 0 spiro atoms. The summed E-state index contributed by atoms with van der Waals surface area (Å²) < 4.78 is 0. The van der Waals surface area contributed by atoms with Crippen LogP contribution in [0.15, 0.2) is 24.3 Å². The number of aromatic nitrogens is 2. The molecule has 0 atom stereocenters. The van der Waals surface area contributed by atoms with Crippen LogP contribution in [0, 0.1) is 29.6 Å². The molecule has 0 radical (unpaired) electrons. The number of nitriles is 2. The maximum absolute atomic E-state index is 8.81. The van der Waals surface area contributed by atoms with Crippen LogP contribution in [-0.2, 0) is 0 Å². The molecule has 2 aromatic rings. The number of hydrogen-bond donors (Lipinski definition) is 1. The van der Waals surface area contributed by atoms with E-state index in [1.165, 1.54) is 0 Å². The summed E-state index contributed by atoms with van der Waals surface area (Å²) in [6.45, 7) is 1.95. The molecule has 0 aliphatic carbocycles. The average molecular weight is 208 g/mol. The summed E-state index contributed by atoms with van der Waals surface area (Å²) in [5, 5.41) is 17.6. The number of H-pyrrole nitrogens is 1. The highest BCUT2D eigenvalue weighted by Crippen LogP contribution is 2.21. The maximum atomic E-state index is 8.81. The topological polar surface area (TPSA) is 76.3 Å². The van der Waals surface area contributed by atoms with Crippen LogP contribution in [0.25, 0.3) is 11.4 Å². The smallest absolute Gasteiger partial charge is 0.177 e. The minimum atomic E-state index is 0.140. The van der Waals surface area contributed by atoms with Gasteiger partial charge < -0.3 is 4.98 Å². The monoisotopic (exact) mass is 208 g/mol. The second kappa shape index (κ2) is 3.88. The van der Waals surface area contributed by atoms with E-state index in [-0.39, 0.29) is 11.4 Å². The molecule has 2 rings (SSSR count). The van der Waals surface area contributed by atoms with E-state index in [0.717, 1.165) is 11.1 Å². The Kier molecular flexibility index (Phi) is 2.41. The van der Waals surface area contributed by atoms with E-state index in [1.807, 2.05) is 43.3 Å². The Labute approximate surface area is 92.8 Å². The van der Waals surface area contributed by atoms with E-state index in [1.54, 1.807) is 0 Å². The van der Waals surface area contributed by atoms with Crippen molar-refractivity contribution in [1.82, 2.24) is 9.97 Å². The van der Waals surface area contributed by atoms with Crippen molar-refractivity contribution in [2.75, 3.05) is 0 Å². The predicted molar refractivity (Wildman–Crippen MR) is 58.2 cm³/mol. The molecule has 4 nitrogen and oxygen atoms in total. The summed E-state index contributed by atoms with van der Waals surface area (Å²) in [6, 6.07) is 11.5. The Morgan fingerprint density at radius 2 is 1.94 bits per heavy atom. The van der Waals surface area contributed by atoms with Crippen molar-refractivity contribution in [1.29, 1.82) is 10.5 Å². The third kappa shape index (κ3) is 1.53. The zero-order chi connectivity index (χ0) is 11.5. The number of rotatable bonds is 1. The molecular weight excluding hydrogens is 200 g/mol. The maximum Gasteiger partial charge on any atom is 0.177 e. The first-order valence-electron chi connectivity index (χ1n) is 4.72. The Hall–Kier alpha value is -2.59. The highest BCUT2D eigenvalue weighted by molar-refractivity contribution is 5.62. The molecule has 1 N–H and O–H groups in total. The fraction of sp³-hybridized carbons (Fsp3) is 0.0833. The van der Waals surface area contributed by atoms with Gasteiger partial charge in [-0.3, -0.25) is 0 Å². The molecule has 0 saturated heterocycles. The van der Waals surface area contributed by atoms with Gasteiger partial charge in [0.1, 0.15) is 18.0 Å². The molecule has 76 valence electrons. The number of aryl methyl sites for hydroxylation is 1. The van der Waals surface area contributed by atoms with Gasteiger partial charge in [0.2, 0.25) is 0 Å². The molecular formula is C12H8N4. The van der Waals surface area contributed by atoms with Crippen molar-refractivity contribution in [3.05, 3.63) is 41.2 Å². The molecule has 1 aromatic carbocycles. The van der Waals surface area contributed by atoms with Crippen molar-refractivity contribution in [3.8, 4) is 23.5 Å². The van der Waals surface area contributed by atoms with Gasteiger partial charge in [-0.25, -0.2) is 4.98 Å². The molecule has 4 heteroatoms. The van der Waals surface area contributed by atoms with Crippen LogP contribution in [0.5, 0.6) is 0 Å². The van der Waals surface area contributed by atoms with Crippen molar-refractivity contribution in [2.45, 2.75) is 6.92 Å². The first-order valence-corrected chi connectivity index (χ1v) is 4.72. The molecule has 0 unspecified atom stereocenters. The molecule has 16 heavy (non-hydrogen) atoms. The fourth-order valence-corrected chi connectivity index (χ4v) is 1.50. The number of nitrogens with one attached hydrogen (secondary N) is 1. The predicted octanol–water partition coefficient (Wildman–Crippen LogP) is 2.13. The second-order valence-electron chi connectivity index (χ2n) is 3.35. The Morgan fingerprint density at radius 3 is 2.50 bits per heavy atom. The van der Waals surface area contributed by atoms with Gasteiger partial charge in [-0.05, 0) is 12.5 Å². The summed E-state index contributed by atoms with van der Waals surface area (Å²) in [6.07, 6.45) is 0. The highest BCUT2D eigenvalue weighted by Gasteiger charge is 2.11. The number of nitrogens with zero attached hydrogens (tertiary/aromatic N) is 3. The number of aromatic amines is 1. The van der Waals surface area contributed by atoms with Crippen LogP contribution in [0.4, 0.5) is 0 Å². The van der Waals surface area contributed by atoms with Crippen molar-refractivity contribution in [2.24, 2.45) is 0 Å². The minimum absolute atomic E-state index is 0.140. The average Bonchev–Trinajstić information content (AvgIpc) is 2.72. The summed E-state index contributed by atoms with van der Waals surface area (Å²) in [7, 11) is 0. The molecule has 1 aromatic heterocycles. The van der Waals surface area contributed by atoms with Crippen LogP contribution in [0.3, 0.4) is 0 Å². The Morgan fingerprint density at radius 1 is 1.19 bits per heavy atom. The van der Waals surface area contributed by atoms with Crippen LogP contribution in [0.2, 0.25) is 0 Å².